The Morgan fingerprint density at radius 1 is 1.00 bits per heavy atom. The molecule has 0 saturated carbocycles. The van der Waals surface area contributed by atoms with Crippen LogP contribution in [-0.4, -0.2) is 31.1 Å². The van der Waals surface area contributed by atoms with E-state index in [1.165, 1.54) is 6.07 Å². The van der Waals surface area contributed by atoms with Crippen molar-refractivity contribution >= 4 is 23.2 Å². The molecule has 5 heteroatoms. The van der Waals surface area contributed by atoms with Crippen molar-refractivity contribution in [3.63, 3.8) is 0 Å². The minimum atomic E-state index is -0.208. The maximum absolute atomic E-state index is 14.5. The van der Waals surface area contributed by atoms with Crippen molar-refractivity contribution in [1.82, 2.24) is 10.2 Å². The summed E-state index contributed by atoms with van der Waals surface area (Å²) in [6.45, 7) is 3.61. The van der Waals surface area contributed by atoms with E-state index in [1.807, 2.05) is 24.3 Å². The van der Waals surface area contributed by atoms with Crippen LogP contribution in [0.2, 0.25) is 10.0 Å². The molecular formula is C18H19Cl2FN2. The number of nitrogens with zero attached hydrogens (tertiary/aromatic N) is 1. The average Bonchev–Trinajstić information content (AvgIpc) is 2.80. The third-order valence-electron chi connectivity index (χ3n) is 4.20. The monoisotopic (exact) mass is 352 g/mol. The fourth-order valence-corrected chi connectivity index (χ4v) is 3.62. The van der Waals surface area contributed by atoms with Crippen LogP contribution in [0, 0.1) is 5.82 Å². The lowest BCUT2D eigenvalue weighted by atomic mass is 9.96. The van der Waals surface area contributed by atoms with Gasteiger partial charge in [-0.1, -0.05) is 47.5 Å². The fraction of sp³-hybridized carbons (Fsp3) is 0.333. The Hall–Kier alpha value is -1.13. The zero-order valence-electron chi connectivity index (χ0n) is 12.7. The second kappa shape index (κ2) is 7.63. The molecule has 1 unspecified atom stereocenters. The molecule has 0 aliphatic carbocycles. The molecule has 122 valence electrons. The lowest BCUT2D eigenvalue weighted by Gasteiger charge is -2.32. The molecule has 1 aliphatic heterocycles. The lowest BCUT2D eigenvalue weighted by Crippen LogP contribution is -2.33. The summed E-state index contributed by atoms with van der Waals surface area (Å²) in [5.41, 5.74) is 1.54. The molecule has 1 aliphatic rings. The molecule has 1 heterocycles. The van der Waals surface area contributed by atoms with Crippen LogP contribution in [0.3, 0.4) is 0 Å². The van der Waals surface area contributed by atoms with Gasteiger partial charge in [0, 0.05) is 35.2 Å². The van der Waals surface area contributed by atoms with Gasteiger partial charge in [-0.15, -0.1) is 0 Å². The van der Waals surface area contributed by atoms with Gasteiger partial charge < -0.3 is 5.32 Å². The first-order chi connectivity index (χ1) is 11.2. The van der Waals surface area contributed by atoms with E-state index < -0.39 is 0 Å². The third kappa shape index (κ3) is 3.86. The van der Waals surface area contributed by atoms with Gasteiger partial charge in [-0.05, 0) is 36.7 Å². The molecule has 0 spiro atoms. The Bertz CT molecular complexity index is 670. The van der Waals surface area contributed by atoms with Crippen LogP contribution in [0.15, 0.2) is 42.5 Å². The van der Waals surface area contributed by atoms with Gasteiger partial charge in [-0.3, -0.25) is 4.90 Å². The van der Waals surface area contributed by atoms with Crippen LogP contribution < -0.4 is 5.32 Å². The van der Waals surface area contributed by atoms with Crippen molar-refractivity contribution in [2.75, 3.05) is 26.2 Å². The van der Waals surface area contributed by atoms with E-state index in [-0.39, 0.29) is 11.9 Å². The van der Waals surface area contributed by atoms with Crippen molar-refractivity contribution in [3.8, 4) is 0 Å². The van der Waals surface area contributed by atoms with E-state index >= 15 is 0 Å². The minimum absolute atomic E-state index is 0.208. The number of halogens is 3. The summed E-state index contributed by atoms with van der Waals surface area (Å²) >= 11 is 12.5. The lowest BCUT2D eigenvalue weighted by molar-refractivity contribution is 0.237. The zero-order chi connectivity index (χ0) is 16.2. The van der Waals surface area contributed by atoms with Crippen LogP contribution >= 0.6 is 23.2 Å². The van der Waals surface area contributed by atoms with E-state index in [4.69, 9.17) is 23.2 Å². The van der Waals surface area contributed by atoms with Gasteiger partial charge in [0.2, 0.25) is 0 Å². The quantitative estimate of drug-likeness (QED) is 0.873. The molecule has 0 aromatic heterocycles. The Kier molecular flexibility index (Phi) is 5.54. The van der Waals surface area contributed by atoms with E-state index in [9.17, 15) is 4.39 Å². The van der Waals surface area contributed by atoms with Crippen LogP contribution in [0.4, 0.5) is 4.39 Å². The minimum Gasteiger partial charge on any atom is -0.315 e. The molecule has 1 saturated heterocycles. The van der Waals surface area contributed by atoms with Gasteiger partial charge in [0.1, 0.15) is 5.82 Å². The summed E-state index contributed by atoms with van der Waals surface area (Å²) in [5, 5.41) is 4.54. The first kappa shape index (κ1) is 16.7. The molecular weight excluding hydrogens is 334 g/mol. The molecule has 1 N–H and O–H groups in total. The van der Waals surface area contributed by atoms with Gasteiger partial charge in [-0.25, -0.2) is 4.39 Å². The number of nitrogens with one attached hydrogen (secondary N) is 1. The largest absolute Gasteiger partial charge is 0.315 e. The number of rotatable bonds is 3. The van der Waals surface area contributed by atoms with Gasteiger partial charge in [0.25, 0.3) is 0 Å². The van der Waals surface area contributed by atoms with E-state index in [0.29, 0.717) is 15.6 Å². The fourth-order valence-electron chi connectivity index (χ4n) is 3.11. The summed E-state index contributed by atoms with van der Waals surface area (Å²) < 4.78 is 14.5. The highest BCUT2D eigenvalue weighted by atomic mass is 35.5. The highest BCUT2D eigenvalue weighted by molar-refractivity contribution is 6.35. The van der Waals surface area contributed by atoms with Crippen LogP contribution in [-0.2, 0) is 0 Å². The Morgan fingerprint density at radius 3 is 2.61 bits per heavy atom. The molecule has 3 rings (SSSR count). The SMILES string of the molecule is Fc1ccccc1C(c1ccc(Cl)cc1Cl)N1CCCNCC1. The first-order valence-electron chi connectivity index (χ1n) is 7.81. The van der Waals surface area contributed by atoms with E-state index in [1.54, 1.807) is 12.1 Å². The van der Waals surface area contributed by atoms with E-state index in [2.05, 4.69) is 10.2 Å². The van der Waals surface area contributed by atoms with Crippen molar-refractivity contribution in [1.29, 1.82) is 0 Å². The molecule has 2 nitrogen and oxygen atoms in total. The van der Waals surface area contributed by atoms with Crippen molar-refractivity contribution < 1.29 is 4.39 Å². The Balaban J connectivity index is 2.07. The predicted molar refractivity (Wildman–Crippen MR) is 93.8 cm³/mol. The zero-order valence-corrected chi connectivity index (χ0v) is 14.2. The molecule has 0 radical (unpaired) electrons. The van der Waals surface area contributed by atoms with Crippen LogP contribution in [0.25, 0.3) is 0 Å². The van der Waals surface area contributed by atoms with E-state index in [0.717, 1.165) is 38.2 Å². The molecule has 2 aromatic carbocycles. The van der Waals surface area contributed by atoms with Gasteiger partial charge in [-0.2, -0.15) is 0 Å². The topological polar surface area (TPSA) is 15.3 Å². The third-order valence-corrected chi connectivity index (χ3v) is 4.76. The summed E-state index contributed by atoms with van der Waals surface area (Å²) in [4.78, 5) is 2.29. The Labute approximate surface area is 146 Å². The highest BCUT2D eigenvalue weighted by Gasteiger charge is 2.27. The summed E-state index contributed by atoms with van der Waals surface area (Å²) in [6.07, 6.45) is 1.02. The maximum Gasteiger partial charge on any atom is 0.128 e. The van der Waals surface area contributed by atoms with Gasteiger partial charge >= 0.3 is 0 Å². The van der Waals surface area contributed by atoms with Crippen molar-refractivity contribution in [3.05, 3.63) is 69.5 Å². The molecule has 23 heavy (non-hydrogen) atoms. The second-order valence-electron chi connectivity index (χ2n) is 5.73. The maximum atomic E-state index is 14.5. The number of benzene rings is 2. The molecule has 0 bridgehead atoms. The van der Waals surface area contributed by atoms with Crippen LogP contribution in [0.5, 0.6) is 0 Å². The standard InChI is InChI=1S/C18H19Cl2FN2/c19-13-6-7-14(16(20)12-13)18(15-4-1-2-5-17(15)21)23-10-3-8-22-9-11-23/h1-2,4-7,12,18,22H,3,8-11H2. The average molecular weight is 353 g/mol. The smallest absolute Gasteiger partial charge is 0.128 e. The molecule has 2 aromatic rings. The Morgan fingerprint density at radius 2 is 1.83 bits per heavy atom. The summed E-state index contributed by atoms with van der Waals surface area (Å²) in [6, 6.07) is 12.1. The molecule has 1 fully saturated rings. The summed E-state index contributed by atoms with van der Waals surface area (Å²) in [5.74, 6) is -0.208. The highest BCUT2D eigenvalue weighted by Crippen LogP contribution is 2.36. The van der Waals surface area contributed by atoms with Crippen molar-refractivity contribution in [2.45, 2.75) is 12.5 Å². The van der Waals surface area contributed by atoms with Gasteiger partial charge in [0.15, 0.2) is 0 Å². The number of hydrogen-bond donors (Lipinski definition) is 1. The molecule has 0 amide bonds. The summed E-state index contributed by atoms with van der Waals surface area (Å²) in [7, 11) is 0. The van der Waals surface area contributed by atoms with Crippen LogP contribution in [0.1, 0.15) is 23.6 Å². The normalized spacial score (nSPS) is 17.7. The molecule has 1 atom stereocenters. The second-order valence-corrected chi connectivity index (χ2v) is 6.57. The number of hydrogen-bond acceptors (Lipinski definition) is 2. The van der Waals surface area contributed by atoms with Gasteiger partial charge in [0.05, 0.1) is 6.04 Å². The predicted octanol–water partition coefficient (Wildman–Crippen LogP) is 4.52. The first-order valence-corrected chi connectivity index (χ1v) is 8.56. The van der Waals surface area contributed by atoms with Crippen molar-refractivity contribution in [2.24, 2.45) is 0 Å².